The van der Waals surface area contributed by atoms with E-state index in [1.165, 1.54) is 58.5 Å². The zero-order valence-electron chi connectivity index (χ0n) is 12.7. The summed E-state index contributed by atoms with van der Waals surface area (Å²) in [6.45, 7) is 2.23. The Morgan fingerprint density at radius 1 is 0.947 bits per heavy atom. The molecular weight excluding hydrogens is 240 g/mol. The normalized spacial score (nSPS) is 21.4. The van der Waals surface area contributed by atoms with E-state index in [0.717, 1.165) is 12.8 Å². The lowest BCUT2D eigenvalue weighted by Gasteiger charge is -2.01. The molecule has 1 heterocycles. The number of hydrogen-bond donors (Lipinski definition) is 0. The van der Waals surface area contributed by atoms with Gasteiger partial charge in [0.05, 0.1) is 19.3 Å². The van der Waals surface area contributed by atoms with Crippen LogP contribution in [0.4, 0.5) is 0 Å². The minimum absolute atomic E-state index is 0.0796. The predicted octanol–water partition coefficient (Wildman–Crippen LogP) is 4.24. The zero-order valence-corrected chi connectivity index (χ0v) is 12.7. The highest BCUT2D eigenvalue weighted by Gasteiger charge is 2.36. The van der Waals surface area contributed by atoms with E-state index < -0.39 is 0 Å². The molecule has 1 fully saturated rings. The Morgan fingerprint density at radius 3 is 2.16 bits per heavy atom. The summed E-state index contributed by atoms with van der Waals surface area (Å²) < 4.78 is 10.3. The summed E-state index contributed by atoms with van der Waals surface area (Å²) >= 11 is 0. The molecule has 0 bridgehead atoms. The second-order valence-corrected chi connectivity index (χ2v) is 5.59. The second kappa shape index (κ2) is 10.2. The fraction of sp³-hybridized carbons (Fsp3) is 0.938. The van der Waals surface area contributed by atoms with Gasteiger partial charge >= 0.3 is 5.97 Å². The highest BCUT2D eigenvalue weighted by molar-refractivity contribution is 5.68. The van der Waals surface area contributed by atoms with Gasteiger partial charge in [0.15, 0.2) is 0 Å². The maximum atomic E-state index is 10.9. The summed E-state index contributed by atoms with van der Waals surface area (Å²) in [4.78, 5) is 10.9. The fourth-order valence-electron chi connectivity index (χ4n) is 2.52. The molecule has 0 aromatic rings. The third kappa shape index (κ3) is 8.25. The molecule has 1 aliphatic heterocycles. The quantitative estimate of drug-likeness (QED) is 0.302. The van der Waals surface area contributed by atoms with E-state index in [1.54, 1.807) is 0 Å². The number of carbonyl (C=O) groups is 1. The lowest BCUT2D eigenvalue weighted by molar-refractivity contribution is -0.140. The molecule has 1 saturated heterocycles. The van der Waals surface area contributed by atoms with Crippen molar-refractivity contribution in [2.24, 2.45) is 0 Å². The molecule has 19 heavy (non-hydrogen) atoms. The van der Waals surface area contributed by atoms with Crippen LogP contribution in [0.2, 0.25) is 0 Å². The second-order valence-electron chi connectivity index (χ2n) is 5.59. The van der Waals surface area contributed by atoms with E-state index in [9.17, 15) is 4.79 Å². The summed E-state index contributed by atoms with van der Waals surface area (Å²) in [5.41, 5.74) is 0. The SMILES string of the molecule is CCCCC1OC1CCCCCCCCC(=O)OC. The molecular formula is C16H30O3. The van der Waals surface area contributed by atoms with E-state index in [1.807, 2.05) is 0 Å². The van der Waals surface area contributed by atoms with Gasteiger partial charge in [0.1, 0.15) is 0 Å². The van der Waals surface area contributed by atoms with Crippen molar-refractivity contribution in [1.82, 2.24) is 0 Å². The minimum Gasteiger partial charge on any atom is -0.469 e. The van der Waals surface area contributed by atoms with Gasteiger partial charge in [0.25, 0.3) is 0 Å². The van der Waals surface area contributed by atoms with E-state index in [4.69, 9.17) is 4.74 Å². The van der Waals surface area contributed by atoms with Gasteiger partial charge in [-0.05, 0) is 19.3 Å². The fourth-order valence-corrected chi connectivity index (χ4v) is 2.52. The van der Waals surface area contributed by atoms with Gasteiger partial charge in [-0.25, -0.2) is 0 Å². The Labute approximate surface area is 118 Å². The summed E-state index contributed by atoms with van der Waals surface area (Å²) in [6.07, 6.45) is 14.1. The van der Waals surface area contributed by atoms with Crippen molar-refractivity contribution < 1.29 is 14.3 Å². The minimum atomic E-state index is -0.0796. The van der Waals surface area contributed by atoms with Crippen molar-refractivity contribution in [3.05, 3.63) is 0 Å². The highest BCUT2D eigenvalue weighted by atomic mass is 16.6. The lowest BCUT2D eigenvalue weighted by Crippen LogP contribution is -1.99. The van der Waals surface area contributed by atoms with Crippen molar-refractivity contribution >= 4 is 5.97 Å². The largest absolute Gasteiger partial charge is 0.469 e. The Bertz CT molecular complexity index is 240. The van der Waals surface area contributed by atoms with Gasteiger partial charge in [-0.2, -0.15) is 0 Å². The topological polar surface area (TPSA) is 38.8 Å². The van der Waals surface area contributed by atoms with Crippen LogP contribution in [-0.4, -0.2) is 25.3 Å². The lowest BCUT2D eigenvalue weighted by atomic mass is 10.0. The van der Waals surface area contributed by atoms with Crippen LogP contribution in [0.1, 0.15) is 77.6 Å². The Morgan fingerprint density at radius 2 is 1.53 bits per heavy atom. The van der Waals surface area contributed by atoms with Crippen LogP contribution < -0.4 is 0 Å². The first kappa shape index (κ1) is 16.5. The van der Waals surface area contributed by atoms with E-state index in [2.05, 4.69) is 11.7 Å². The molecule has 2 unspecified atom stereocenters. The number of ether oxygens (including phenoxy) is 2. The van der Waals surface area contributed by atoms with Gasteiger partial charge in [0.2, 0.25) is 0 Å². The molecule has 3 heteroatoms. The number of methoxy groups -OCH3 is 1. The molecule has 1 aliphatic rings. The first-order valence-electron chi connectivity index (χ1n) is 8.00. The Hall–Kier alpha value is -0.570. The summed E-state index contributed by atoms with van der Waals surface area (Å²) in [6, 6.07) is 0. The number of epoxide rings is 1. The summed E-state index contributed by atoms with van der Waals surface area (Å²) in [5.74, 6) is -0.0796. The summed E-state index contributed by atoms with van der Waals surface area (Å²) in [7, 11) is 1.45. The van der Waals surface area contributed by atoms with Crippen molar-refractivity contribution in [1.29, 1.82) is 0 Å². The third-order valence-corrected chi connectivity index (χ3v) is 3.88. The number of unbranched alkanes of at least 4 members (excludes halogenated alkanes) is 6. The van der Waals surface area contributed by atoms with Crippen molar-refractivity contribution in [3.8, 4) is 0 Å². The first-order valence-corrected chi connectivity index (χ1v) is 8.00. The molecule has 0 spiro atoms. The molecule has 2 atom stereocenters. The first-order chi connectivity index (χ1) is 9.27. The Kier molecular flexibility index (Phi) is 8.89. The smallest absolute Gasteiger partial charge is 0.305 e. The van der Waals surface area contributed by atoms with Crippen LogP contribution in [0.5, 0.6) is 0 Å². The number of carbonyl (C=O) groups excluding carboxylic acids is 1. The van der Waals surface area contributed by atoms with E-state index in [0.29, 0.717) is 18.6 Å². The highest BCUT2D eigenvalue weighted by Crippen LogP contribution is 2.31. The molecule has 0 aromatic carbocycles. The maximum absolute atomic E-state index is 10.9. The molecule has 0 saturated carbocycles. The van der Waals surface area contributed by atoms with Crippen molar-refractivity contribution in [2.45, 2.75) is 89.8 Å². The zero-order chi connectivity index (χ0) is 13.9. The monoisotopic (exact) mass is 270 g/mol. The van der Waals surface area contributed by atoms with E-state index in [-0.39, 0.29) is 5.97 Å². The van der Waals surface area contributed by atoms with E-state index >= 15 is 0 Å². The van der Waals surface area contributed by atoms with Crippen molar-refractivity contribution in [2.75, 3.05) is 7.11 Å². The molecule has 0 aromatic heterocycles. The summed E-state index contributed by atoms with van der Waals surface area (Å²) in [5, 5.41) is 0. The molecule has 1 rings (SSSR count). The van der Waals surface area contributed by atoms with Crippen LogP contribution in [0.15, 0.2) is 0 Å². The van der Waals surface area contributed by atoms with Crippen LogP contribution in [0.3, 0.4) is 0 Å². The molecule has 112 valence electrons. The standard InChI is InChI=1S/C16H30O3/c1-3-4-11-14-15(19-14)12-9-7-5-6-8-10-13-16(17)18-2/h14-15H,3-13H2,1-2H3. The average molecular weight is 270 g/mol. The number of rotatable bonds is 12. The van der Waals surface area contributed by atoms with Crippen LogP contribution in [-0.2, 0) is 14.3 Å². The van der Waals surface area contributed by atoms with Gasteiger partial charge in [-0.3, -0.25) is 4.79 Å². The van der Waals surface area contributed by atoms with Crippen LogP contribution in [0, 0.1) is 0 Å². The molecule has 0 radical (unpaired) electrons. The third-order valence-electron chi connectivity index (χ3n) is 3.88. The van der Waals surface area contributed by atoms with Crippen LogP contribution >= 0.6 is 0 Å². The van der Waals surface area contributed by atoms with Gasteiger partial charge in [-0.15, -0.1) is 0 Å². The Balaban J connectivity index is 1.76. The molecule has 0 amide bonds. The predicted molar refractivity (Wildman–Crippen MR) is 77.1 cm³/mol. The van der Waals surface area contributed by atoms with Crippen LogP contribution in [0.25, 0.3) is 0 Å². The molecule has 3 nitrogen and oxygen atoms in total. The van der Waals surface area contributed by atoms with Gasteiger partial charge in [0, 0.05) is 6.42 Å². The molecule has 0 aliphatic carbocycles. The van der Waals surface area contributed by atoms with Crippen molar-refractivity contribution in [3.63, 3.8) is 0 Å². The molecule has 0 N–H and O–H groups in total. The number of esters is 1. The maximum Gasteiger partial charge on any atom is 0.305 e. The number of hydrogen-bond acceptors (Lipinski definition) is 3. The van der Waals surface area contributed by atoms with Gasteiger partial charge in [-0.1, -0.05) is 51.9 Å². The van der Waals surface area contributed by atoms with Gasteiger partial charge < -0.3 is 9.47 Å². The average Bonchev–Trinajstić information content (AvgIpc) is 3.17.